The van der Waals surface area contributed by atoms with Gasteiger partial charge in [-0.05, 0) is 35.7 Å². The van der Waals surface area contributed by atoms with Crippen LogP contribution in [-0.4, -0.2) is 47.0 Å². The Hall–Kier alpha value is -3.82. The fourth-order valence-electron chi connectivity index (χ4n) is 4.32. The van der Waals surface area contributed by atoms with E-state index in [1.807, 2.05) is 55.5 Å². The first-order valence-corrected chi connectivity index (χ1v) is 11.0. The third kappa shape index (κ3) is 4.60. The fourth-order valence-corrected chi connectivity index (χ4v) is 4.32. The zero-order valence-electron chi connectivity index (χ0n) is 18.8. The first kappa shape index (κ1) is 22.9. The molecule has 2 heterocycles. The van der Waals surface area contributed by atoms with Gasteiger partial charge in [0, 0.05) is 23.7 Å². The molecule has 0 unspecified atom stereocenters. The normalized spacial score (nSPS) is 16.3. The van der Waals surface area contributed by atoms with Crippen molar-refractivity contribution in [3.8, 4) is 28.3 Å². The molecule has 4 aromatic rings. The molecule has 1 aromatic heterocycles. The Morgan fingerprint density at radius 3 is 2.69 bits per heavy atom. The largest absolute Gasteiger partial charge is 0.480 e. The molecule has 0 bridgehead atoms. The minimum absolute atomic E-state index is 0.0216. The predicted octanol–water partition coefficient (Wildman–Crippen LogP) is 5.31. The van der Waals surface area contributed by atoms with Crippen molar-refractivity contribution >= 4 is 17.1 Å². The molecule has 0 radical (unpaired) electrons. The monoisotopic (exact) mass is 480 g/mol. The lowest BCUT2D eigenvalue weighted by molar-refractivity contribution is -0.142. The first-order chi connectivity index (χ1) is 16.9. The number of carboxylic acids is 1. The standard InChI is InChI=1S/C26H22F2N2O5/c1-15-18(16-6-3-2-4-7-16)8-5-9-19(15)24-29-20-10-17(12-30-14-33-13-21(30)25(31)32)22(35-26(27)28)11-23(20)34-24/h2-11,21,26H,12-14H2,1H3,(H,31,32)/t21-/m0/s1. The van der Waals surface area contributed by atoms with E-state index >= 15 is 0 Å². The Morgan fingerprint density at radius 1 is 1.17 bits per heavy atom. The molecular formula is C26H22F2N2O5. The number of hydrogen-bond donors (Lipinski definition) is 1. The number of nitrogens with zero attached hydrogens (tertiary/aromatic N) is 2. The van der Waals surface area contributed by atoms with Crippen LogP contribution in [0, 0.1) is 6.92 Å². The van der Waals surface area contributed by atoms with Crippen molar-refractivity contribution in [1.82, 2.24) is 9.88 Å². The van der Waals surface area contributed by atoms with Crippen LogP contribution in [0.1, 0.15) is 11.1 Å². The van der Waals surface area contributed by atoms with Gasteiger partial charge >= 0.3 is 12.6 Å². The molecule has 0 spiro atoms. The van der Waals surface area contributed by atoms with Gasteiger partial charge in [0.2, 0.25) is 5.89 Å². The number of fused-ring (bicyclic) bond motifs is 1. The summed E-state index contributed by atoms with van der Waals surface area (Å²) in [5.74, 6) is -0.790. The van der Waals surface area contributed by atoms with Gasteiger partial charge in [-0.15, -0.1) is 0 Å². The number of hydrogen-bond acceptors (Lipinski definition) is 6. The SMILES string of the molecule is Cc1c(-c2ccccc2)cccc1-c1nc2cc(CN3COC[C@H]3C(=O)O)c(OC(F)F)cc2o1. The Bertz CT molecular complexity index is 1370. The van der Waals surface area contributed by atoms with Gasteiger partial charge in [-0.1, -0.05) is 42.5 Å². The highest BCUT2D eigenvalue weighted by atomic mass is 19.3. The Labute approximate surface area is 199 Å². The molecule has 1 aliphatic heterocycles. The van der Waals surface area contributed by atoms with E-state index in [2.05, 4.69) is 4.98 Å². The van der Waals surface area contributed by atoms with E-state index in [4.69, 9.17) is 13.9 Å². The number of aliphatic carboxylic acids is 1. The Balaban J connectivity index is 1.55. The van der Waals surface area contributed by atoms with Crippen molar-refractivity contribution in [2.75, 3.05) is 13.3 Å². The molecule has 3 aromatic carbocycles. The molecule has 7 nitrogen and oxygen atoms in total. The van der Waals surface area contributed by atoms with Gasteiger partial charge in [0.25, 0.3) is 0 Å². The molecule has 0 aliphatic carbocycles. The molecule has 1 fully saturated rings. The third-order valence-corrected chi connectivity index (χ3v) is 6.07. The number of benzene rings is 3. The van der Waals surface area contributed by atoms with Crippen LogP contribution in [0.4, 0.5) is 8.78 Å². The maximum atomic E-state index is 13.1. The summed E-state index contributed by atoms with van der Waals surface area (Å²) in [7, 11) is 0. The number of ether oxygens (including phenoxy) is 2. The molecule has 1 aliphatic rings. The molecular weight excluding hydrogens is 458 g/mol. The number of halogens is 2. The quantitative estimate of drug-likeness (QED) is 0.383. The van der Waals surface area contributed by atoms with Gasteiger partial charge in [-0.2, -0.15) is 8.78 Å². The molecule has 35 heavy (non-hydrogen) atoms. The molecule has 0 amide bonds. The summed E-state index contributed by atoms with van der Waals surface area (Å²) in [5.41, 5.74) is 4.93. The lowest BCUT2D eigenvalue weighted by atomic mass is 9.96. The van der Waals surface area contributed by atoms with Gasteiger partial charge in [0.1, 0.15) is 24.0 Å². The van der Waals surface area contributed by atoms with E-state index in [0.29, 0.717) is 17.0 Å². The zero-order chi connectivity index (χ0) is 24.5. The van der Waals surface area contributed by atoms with Crippen molar-refractivity contribution in [3.63, 3.8) is 0 Å². The van der Waals surface area contributed by atoms with Crippen molar-refractivity contribution < 1.29 is 32.6 Å². The average Bonchev–Trinajstić information content (AvgIpc) is 3.46. The minimum atomic E-state index is -3.05. The van der Waals surface area contributed by atoms with Gasteiger partial charge in [-0.25, -0.2) is 4.98 Å². The van der Waals surface area contributed by atoms with Crippen molar-refractivity contribution in [3.05, 3.63) is 71.8 Å². The number of alkyl halides is 2. The Kier molecular flexibility index (Phi) is 6.19. The number of carboxylic acid groups (broad SMARTS) is 1. The lowest BCUT2D eigenvalue weighted by Crippen LogP contribution is -2.37. The number of rotatable bonds is 7. The molecule has 180 valence electrons. The average molecular weight is 480 g/mol. The number of oxazole rings is 1. The van der Waals surface area contributed by atoms with Crippen LogP contribution < -0.4 is 4.74 Å². The van der Waals surface area contributed by atoms with Crippen LogP contribution in [0.15, 0.2) is 65.1 Å². The molecule has 9 heteroatoms. The second kappa shape index (κ2) is 9.44. The second-order valence-electron chi connectivity index (χ2n) is 8.27. The van der Waals surface area contributed by atoms with Gasteiger partial charge in [0.15, 0.2) is 5.58 Å². The van der Waals surface area contributed by atoms with Crippen LogP contribution in [0.2, 0.25) is 0 Å². The summed E-state index contributed by atoms with van der Waals surface area (Å²) >= 11 is 0. The summed E-state index contributed by atoms with van der Waals surface area (Å²) < 4.78 is 42.3. The highest BCUT2D eigenvalue weighted by molar-refractivity contribution is 5.82. The molecule has 1 atom stereocenters. The minimum Gasteiger partial charge on any atom is -0.480 e. The van der Waals surface area contributed by atoms with Crippen molar-refractivity contribution in [2.45, 2.75) is 26.1 Å². The van der Waals surface area contributed by atoms with E-state index in [-0.39, 0.29) is 31.2 Å². The second-order valence-corrected chi connectivity index (χ2v) is 8.27. The summed E-state index contributed by atoms with van der Waals surface area (Å²) in [5, 5.41) is 9.41. The summed E-state index contributed by atoms with van der Waals surface area (Å²) in [6.45, 7) is -0.946. The van der Waals surface area contributed by atoms with E-state index in [0.717, 1.165) is 22.3 Å². The molecule has 1 saturated heterocycles. The van der Waals surface area contributed by atoms with Crippen LogP contribution >= 0.6 is 0 Å². The highest BCUT2D eigenvalue weighted by Gasteiger charge is 2.32. The van der Waals surface area contributed by atoms with Crippen LogP contribution in [0.5, 0.6) is 5.75 Å². The zero-order valence-corrected chi connectivity index (χ0v) is 18.8. The number of carbonyl (C=O) groups is 1. The summed E-state index contributed by atoms with van der Waals surface area (Å²) in [6, 6.07) is 17.8. The fraction of sp³-hybridized carbons (Fsp3) is 0.231. The van der Waals surface area contributed by atoms with Gasteiger partial charge in [-0.3, -0.25) is 9.69 Å². The van der Waals surface area contributed by atoms with E-state index in [1.165, 1.54) is 11.0 Å². The van der Waals surface area contributed by atoms with Crippen molar-refractivity contribution in [2.24, 2.45) is 0 Å². The maximum Gasteiger partial charge on any atom is 0.387 e. The van der Waals surface area contributed by atoms with Gasteiger partial charge < -0.3 is 19.0 Å². The lowest BCUT2D eigenvalue weighted by Gasteiger charge is -2.20. The maximum absolute atomic E-state index is 13.1. The van der Waals surface area contributed by atoms with Gasteiger partial charge in [0.05, 0.1) is 6.61 Å². The third-order valence-electron chi connectivity index (χ3n) is 6.07. The van der Waals surface area contributed by atoms with E-state index < -0.39 is 18.6 Å². The first-order valence-electron chi connectivity index (χ1n) is 11.0. The topological polar surface area (TPSA) is 85.0 Å². The van der Waals surface area contributed by atoms with Crippen LogP contribution in [0.3, 0.4) is 0 Å². The van der Waals surface area contributed by atoms with E-state index in [1.54, 1.807) is 6.07 Å². The molecule has 0 saturated carbocycles. The van der Waals surface area contributed by atoms with Crippen molar-refractivity contribution in [1.29, 1.82) is 0 Å². The Morgan fingerprint density at radius 2 is 1.94 bits per heavy atom. The predicted molar refractivity (Wildman–Crippen MR) is 124 cm³/mol. The van der Waals surface area contributed by atoms with Crippen LogP contribution in [0.25, 0.3) is 33.7 Å². The summed E-state index contributed by atoms with van der Waals surface area (Å²) in [4.78, 5) is 17.6. The highest BCUT2D eigenvalue weighted by Crippen LogP contribution is 2.35. The number of aromatic nitrogens is 1. The summed E-state index contributed by atoms with van der Waals surface area (Å²) in [6.07, 6.45) is 0. The smallest absolute Gasteiger partial charge is 0.387 e. The van der Waals surface area contributed by atoms with E-state index in [9.17, 15) is 18.7 Å². The molecule has 5 rings (SSSR count). The van der Waals surface area contributed by atoms with Crippen LogP contribution in [-0.2, 0) is 16.1 Å². The molecule has 1 N–H and O–H groups in total.